The Kier molecular flexibility index (Phi) is 6.36. The van der Waals surface area contributed by atoms with E-state index in [-0.39, 0.29) is 5.54 Å². The van der Waals surface area contributed by atoms with E-state index in [1.165, 1.54) is 0 Å². The average molecular weight is 449 g/mol. The molecule has 0 saturated heterocycles. The molecule has 0 fully saturated rings. The Bertz CT molecular complexity index is 116. The Labute approximate surface area is 103 Å². The summed E-state index contributed by atoms with van der Waals surface area (Å²) in [6, 6.07) is 0. The minimum absolute atomic E-state index is 0.230. The van der Waals surface area contributed by atoms with Crippen molar-refractivity contribution >= 4 is 73.6 Å². The molecule has 0 aliphatic carbocycles. The molecule has 0 unspecified atom stereocenters. The van der Waals surface area contributed by atoms with Gasteiger partial charge >= 0.3 is 0 Å². The fourth-order valence-electron chi connectivity index (χ4n) is 0.671. The van der Waals surface area contributed by atoms with E-state index >= 15 is 0 Å². The first-order valence-electron chi connectivity index (χ1n) is 3.11. The number of rotatable bonds is 2. The van der Waals surface area contributed by atoms with Crippen molar-refractivity contribution in [3.05, 3.63) is 0 Å². The molecule has 0 rings (SSSR count). The summed E-state index contributed by atoms with van der Waals surface area (Å²) >= 11 is 14.5. The van der Waals surface area contributed by atoms with E-state index in [1.54, 1.807) is 0 Å². The molecule has 0 atom stereocenters. The molecular formula is C4H11Br4NSi2. The van der Waals surface area contributed by atoms with Gasteiger partial charge in [-0.25, -0.2) is 0 Å². The molecule has 0 aromatic rings. The van der Waals surface area contributed by atoms with Crippen molar-refractivity contribution in [3.63, 3.8) is 0 Å². The summed E-state index contributed by atoms with van der Waals surface area (Å²) in [7, 11) is 0. The summed E-state index contributed by atoms with van der Waals surface area (Å²) in [4.78, 5) is 0. The van der Waals surface area contributed by atoms with Crippen LogP contribution in [-0.4, -0.2) is 22.2 Å². The quantitative estimate of drug-likeness (QED) is 0.463. The third-order valence-electron chi connectivity index (χ3n) is 1.20. The van der Waals surface area contributed by atoms with E-state index in [9.17, 15) is 0 Å². The Morgan fingerprint density at radius 1 is 0.909 bits per heavy atom. The van der Waals surface area contributed by atoms with Crippen molar-refractivity contribution < 1.29 is 0 Å². The molecule has 11 heavy (non-hydrogen) atoms. The van der Waals surface area contributed by atoms with Crippen molar-refractivity contribution in [1.29, 1.82) is 0 Å². The highest BCUT2D eigenvalue weighted by Gasteiger charge is 2.31. The minimum Gasteiger partial charge on any atom is -0.311 e. The zero-order valence-corrected chi connectivity index (χ0v) is 15.3. The van der Waals surface area contributed by atoms with Gasteiger partial charge in [-0.3, -0.25) is 0 Å². The minimum atomic E-state index is -1.04. The summed E-state index contributed by atoms with van der Waals surface area (Å²) in [6.07, 6.45) is -2.08. The van der Waals surface area contributed by atoms with Gasteiger partial charge in [-0.1, -0.05) is 61.2 Å². The number of hydrogen-bond donors (Lipinski definition) is 0. The summed E-state index contributed by atoms with van der Waals surface area (Å²) in [6.45, 7) is 6.66. The van der Waals surface area contributed by atoms with E-state index in [0.29, 0.717) is 0 Å². The topological polar surface area (TPSA) is 3.24 Å². The van der Waals surface area contributed by atoms with Crippen molar-refractivity contribution in [2.45, 2.75) is 26.3 Å². The Balaban J connectivity index is 4.35. The Hall–Kier alpha value is 2.31. The molecule has 0 aromatic heterocycles. The predicted octanol–water partition coefficient (Wildman–Crippen LogP) is 3.10. The van der Waals surface area contributed by atoms with Gasteiger partial charge in [-0.2, -0.15) is 0 Å². The van der Waals surface area contributed by atoms with Gasteiger partial charge < -0.3 is 4.23 Å². The van der Waals surface area contributed by atoms with E-state index < -0.39 is 12.4 Å². The van der Waals surface area contributed by atoms with E-state index in [4.69, 9.17) is 0 Å². The van der Waals surface area contributed by atoms with E-state index in [2.05, 4.69) is 86.2 Å². The second-order valence-electron chi connectivity index (χ2n) is 3.13. The van der Waals surface area contributed by atoms with Crippen LogP contribution >= 0.6 is 61.2 Å². The highest BCUT2D eigenvalue weighted by Crippen LogP contribution is 2.27. The zero-order chi connectivity index (χ0) is 9.23. The van der Waals surface area contributed by atoms with Crippen LogP contribution in [0, 0.1) is 0 Å². The van der Waals surface area contributed by atoms with Gasteiger partial charge in [0.05, 0.1) is 0 Å². The lowest BCUT2D eigenvalue weighted by Crippen LogP contribution is -2.50. The van der Waals surface area contributed by atoms with E-state index in [0.717, 1.165) is 0 Å². The van der Waals surface area contributed by atoms with Crippen LogP contribution in [-0.2, 0) is 0 Å². The molecule has 0 bridgehead atoms. The van der Waals surface area contributed by atoms with Crippen molar-refractivity contribution in [2.24, 2.45) is 0 Å². The second kappa shape index (κ2) is 5.26. The van der Waals surface area contributed by atoms with Gasteiger partial charge in [-0.05, 0) is 20.8 Å². The zero-order valence-electron chi connectivity index (χ0n) is 6.61. The van der Waals surface area contributed by atoms with Gasteiger partial charge in [0, 0.05) is 5.54 Å². The lowest BCUT2D eigenvalue weighted by molar-refractivity contribution is 0.383. The SMILES string of the molecule is CC(C)(C)N([SiH](Br)Br)[SiH](Br)Br. The summed E-state index contributed by atoms with van der Waals surface area (Å²) in [5.41, 5.74) is 0.230. The molecule has 0 radical (unpaired) electrons. The first-order chi connectivity index (χ1) is 4.76. The third-order valence-corrected chi connectivity index (χ3v) is 15.9. The molecule has 1 nitrogen and oxygen atoms in total. The van der Waals surface area contributed by atoms with Crippen molar-refractivity contribution in [3.8, 4) is 0 Å². The van der Waals surface area contributed by atoms with E-state index in [1.807, 2.05) is 0 Å². The largest absolute Gasteiger partial charge is 0.311 e. The highest BCUT2D eigenvalue weighted by molar-refractivity contribution is 9.51. The highest BCUT2D eigenvalue weighted by atomic mass is 79.9. The predicted molar refractivity (Wildman–Crippen MR) is 71.6 cm³/mol. The third kappa shape index (κ3) is 4.92. The molecule has 0 aromatic carbocycles. The number of halogens is 4. The van der Waals surface area contributed by atoms with Gasteiger partial charge in [0.25, 0.3) is 12.4 Å². The van der Waals surface area contributed by atoms with Crippen LogP contribution in [0.1, 0.15) is 20.8 Å². The first-order valence-corrected chi connectivity index (χ1v) is 16.9. The maximum Gasteiger partial charge on any atom is 0.252 e. The smallest absolute Gasteiger partial charge is 0.252 e. The number of nitrogens with zero attached hydrogens (tertiary/aromatic N) is 1. The molecular weight excluding hydrogens is 438 g/mol. The molecule has 0 N–H and O–H groups in total. The number of hydrogen-bond acceptors (Lipinski definition) is 1. The molecule has 0 heterocycles. The average Bonchev–Trinajstić information content (AvgIpc) is 1.54. The summed E-state index contributed by atoms with van der Waals surface area (Å²) in [5, 5.41) is 0. The van der Waals surface area contributed by atoms with Crippen LogP contribution in [0.25, 0.3) is 0 Å². The summed E-state index contributed by atoms with van der Waals surface area (Å²) in [5.74, 6) is 0. The van der Waals surface area contributed by atoms with Crippen LogP contribution in [0.5, 0.6) is 0 Å². The second-order valence-corrected chi connectivity index (χ2v) is 23.7. The molecule has 0 aliphatic heterocycles. The van der Waals surface area contributed by atoms with Crippen LogP contribution in [0.2, 0.25) is 0 Å². The van der Waals surface area contributed by atoms with Gasteiger partial charge in [-0.15, -0.1) is 0 Å². The molecule has 0 saturated carbocycles. The fraction of sp³-hybridized carbons (Fsp3) is 1.00. The maximum absolute atomic E-state index is 3.63. The molecule has 68 valence electrons. The molecule has 0 spiro atoms. The Morgan fingerprint density at radius 2 is 1.18 bits per heavy atom. The van der Waals surface area contributed by atoms with Crippen LogP contribution in [0.15, 0.2) is 0 Å². The van der Waals surface area contributed by atoms with Gasteiger partial charge in [0.1, 0.15) is 0 Å². The Morgan fingerprint density at radius 3 is 1.18 bits per heavy atom. The van der Waals surface area contributed by atoms with Crippen LogP contribution in [0.3, 0.4) is 0 Å². The lowest BCUT2D eigenvalue weighted by atomic mass is 10.1. The molecule has 7 heteroatoms. The molecule has 0 aliphatic rings. The fourth-order valence-corrected chi connectivity index (χ4v) is 29.8. The van der Waals surface area contributed by atoms with Crippen LogP contribution in [0.4, 0.5) is 0 Å². The monoisotopic (exact) mass is 445 g/mol. The lowest BCUT2D eigenvalue weighted by Gasteiger charge is -2.37. The molecule has 0 amide bonds. The van der Waals surface area contributed by atoms with Gasteiger partial charge in [0.2, 0.25) is 0 Å². The first kappa shape index (κ1) is 13.3. The standard InChI is InChI=1S/C4H11Br4NSi2/c1-4(2,3)9(10(5)6)11(7)8/h10-11H,1-3H3. The van der Waals surface area contributed by atoms with Crippen molar-refractivity contribution in [1.82, 2.24) is 4.23 Å². The van der Waals surface area contributed by atoms with Crippen molar-refractivity contribution in [2.75, 3.05) is 0 Å². The van der Waals surface area contributed by atoms with Crippen LogP contribution < -0.4 is 0 Å². The normalized spacial score (nSPS) is 13.6. The van der Waals surface area contributed by atoms with Gasteiger partial charge in [0.15, 0.2) is 0 Å². The maximum atomic E-state index is 3.63. The summed E-state index contributed by atoms with van der Waals surface area (Å²) < 4.78 is 2.47.